The Bertz CT molecular complexity index is 1380. The van der Waals surface area contributed by atoms with Crippen LogP contribution in [0.5, 0.6) is 0 Å². The van der Waals surface area contributed by atoms with E-state index in [4.69, 9.17) is 10.7 Å². The smallest absolute Gasteiger partial charge is 0.132 e. The monoisotopic (exact) mass is 444 g/mol. The van der Waals surface area contributed by atoms with E-state index in [1.54, 1.807) is 6.20 Å². The summed E-state index contributed by atoms with van der Waals surface area (Å²) < 4.78 is 0. The Kier molecular flexibility index (Phi) is 6.57. The van der Waals surface area contributed by atoms with Gasteiger partial charge in [-0.1, -0.05) is 60.7 Å². The van der Waals surface area contributed by atoms with Crippen LogP contribution in [0.1, 0.15) is 28.8 Å². The number of nitrogen functional groups attached to an aromatic ring is 1. The molecule has 0 aliphatic rings. The third-order valence-corrected chi connectivity index (χ3v) is 6.28. The number of nitrogens with two attached hydrogens (primary N) is 1. The van der Waals surface area contributed by atoms with Crippen LogP contribution in [0.25, 0.3) is 22.0 Å². The highest BCUT2D eigenvalue weighted by atomic mass is 14.9. The van der Waals surface area contributed by atoms with Crippen molar-refractivity contribution in [3.63, 3.8) is 0 Å². The van der Waals surface area contributed by atoms with Crippen LogP contribution in [-0.4, -0.2) is 15.0 Å². The molecule has 2 N–H and O–H groups in total. The van der Waals surface area contributed by atoms with Crippen LogP contribution in [-0.2, 0) is 25.7 Å². The maximum atomic E-state index is 6.40. The number of aromatic nitrogens is 3. The van der Waals surface area contributed by atoms with Crippen LogP contribution in [0.2, 0.25) is 0 Å². The second kappa shape index (κ2) is 10.3. The summed E-state index contributed by atoms with van der Waals surface area (Å²) in [4.78, 5) is 13.9. The summed E-state index contributed by atoms with van der Waals surface area (Å²) in [5.41, 5.74) is 13.3. The quantitative estimate of drug-likeness (QED) is 0.308. The molecule has 5 aromatic rings. The van der Waals surface area contributed by atoms with Gasteiger partial charge in [0.2, 0.25) is 0 Å². The van der Waals surface area contributed by atoms with Crippen molar-refractivity contribution in [2.75, 3.05) is 5.73 Å². The van der Waals surface area contributed by atoms with Gasteiger partial charge in [-0.05, 0) is 67.0 Å². The summed E-state index contributed by atoms with van der Waals surface area (Å²) in [7, 11) is 0. The Morgan fingerprint density at radius 3 is 2.18 bits per heavy atom. The molecule has 0 aliphatic carbocycles. The van der Waals surface area contributed by atoms with Crippen LogP contribution in [0.15, 0.2) is 97.5 Å². The molecule has 4 nitrogen and oxygen atoms in total. The van der Waals surface area contributed by atoms with Gasteiger partial charge in [0.25, 0.3) is 0 Å². The van der Waals surface area contributed by atoms with Crippen molar-refractivity contribution >= 4 is 16.6 Å². The number of pyridine rings is 3. The number of hydrogen-bond donors (Lipinski definition) is 1. The Morgan fingerprint density at radius 1 is 0.676 bits per heavy atom. The van der Waals surface area contributed by atoms with Gasteiger partial charge in [0.05, 0.1) is 5.69 Å². The molecule has 0 amide bonds. The van der Waals surface area contributed by atoms with Crippen molar-refractivity contribution in [3.8, 4) is 11.3 Å². The molecular weight excluding hydrogens is 416 g/mol. The fourth-order valence-electron chi connectivity index (χ4n) is 4.52. The van der Waals surface area contributed by atoms with Gasteiger partial charge in [-0.15, -0.1) is 0 Å². The van der Waals surface area contributed by atoms with Crippen LogP contribution >= 0.6 is 0 Å². The van der Waals surface area contributed by atoms with E-state index >= 15 is 0 Å². The number of fused-ring (bicyclic) bond motifs is 1. The van der Waals surface area contributed by atoms with E-state index in [0.717, 1.165) is 59.8 Å². The van der Waals surface area contributed by atoms with Gasteiger partial charge >= 0.3 is 0 Å². The van der Waals surface area contributed by atoms with Crippen LogP contribution in [0.3, 0.4) is 0 Å². The van der Waals surface area contributed by atoms with Crippen molar-refractivity contribution in [1.82, 2.24) is 15.0 Å². The maximum Gasteiger partial charge on any atom is 0.132 e. The Morgan fingerprint density at radius 2 is 1.41 bits per heavy atom. The Balaban J connectivity index is 1.45. The summed E-state index contributed by atoms with van der Waals surface area (Å²) >= 11 is 0. The van der Waals surface area contributed by atoms with Crippen LogP contribution in [0, 0.1) is 0 Å². The van der Waals surface area contributed by atoms with Crippen LogP contribution in [0.4, 0.5) is 5.82 Å². The van der Waals surface area contributed by atoms with Gasteiger partial charge in [-0.2, -0.15) is 0 Å². The number of nitrogens with zero attached hydrogens (tertiary/aromatic N) is 3. The highest BCUT2D eigenvalue weighted by molar-refractivity contribution is 5.96. The average Bonchev–Trinajstić information content (AvgIpc) is 2.89. The molecule has 0 aliphatic heterocycles. The summed E-state index contributed by atoms with van der Waals surface area (Å²) in [5.74, 6) is 0.540. The first-order valence-corrected chi connectivity index (χ1v) is 11.8. The lowest BCUT2D eigenvalue weighted by molar-refractivity contribution is 0.799. The van der Waals surface area contributed by atoms with Gasteiger partial charge in [-0.3, -0.25) is 9.97 Å². The van der Waals surface area contributed by atoms with Crippen molar-refractivity contribution in [3.05, 3.63) is 120 Å². The van der Waals surface area contributed by atoms with Crippen molar-refractivity contribution in [2.24, 2.45) is 0 Å². The number of anilines is 1. The molecular formula is C30H28N4. The second-order valence-corrected chi connectivity index (χ2v) is 8.61. The first-order chi connectivity index (χ1) is 16.8. The maximum absolute atomic E-state index is 6.40. The standard InChI is InChI=1S/C30H28N4/c31-30-27-17-18-32-21-28(27)26(15-14-23-10-5-2-6-11-23)29(34-30)24-16-19-33-25(20-24)13-7-12-22-8-3-1-4-9-22/h1-6,8-11,16-21H,7,12-15H2,(H2,31,34). The molecule has 0 bridgehead atoms. The third kappa shape index (κ3) is 4.96. The van der Waals surface area contributed by atoms with Crippen molar-refractivity contribution in [2.45, 2.75) is 32.1 Å². The molecule has 0 fully saturated rings. The molecule has 168 valence electrons. The molecule has 3 heterocycles. The summed E-state index contributed by atoms with van der Waals surface area (Å²) in [6.07, 6.45) is 10.4. The van der Waals surface area contributed by atoms with E-state index in [0.29, 0.717) is 5.82 Å². The molecule has 0 saturated heterocycles. The molecule has 0 saturated carbocycles. The lowest BCUT2D eigenvalue weighted by atomic mass is 9.95. The normalized spacial score (nSPS) is 11.1. The molecule has 2 aromatic carbocycles. The molecule has 3 aromatic heterocycles. The summed E-state index contributed by atoms with van der Waals surface area (Å²) in [6, 6.07) is 27.3. The van der Waals surface area contributed by atoms with E-state index in [9.17, 15) is 0 Å². The molecule has 4 heteroatoms. The van der Waals surface area contributed by atoms with Crippen LogP contribution < -0.4 is 5.73 Å². The predicted octanol–water partition coefficient (Wildman–Crippen LogP) is 6.23. The number of hydrogen-bond acceptors (Lipinski definition) is 4. The zero-order chi connectivity index (χ0) is 23.2. The highest BCUT2D eigenvalue weighted by Crippen LogP contribution is 2.32. The minimum absolute atomic E-state index is 0.540. The van der Waals surface area contributed by atoms with E-state index in [2.05, 4.69) is 76.7 Å². The highest BCUT2D eigenvalue weighted by Gasteiger charge is 2.15. The molecule has 0 unspecified atom stereocenters. The van der Waals surface area contributed by atoms with E-state index in [1.165, 1.54) is 16.7 Å². The van der Waals surface area contributed by atoms with Gasteiger partial charge in [-0.25, -0.2) is 4.98 Å². The van der Waals surface area contributed by atoms with Gasteiger partial charge in [0.15, 0.2) is 0 Å². The molecule has 34 heavy (non-hydrogen) atoms. The third-order valence-electron chi connectivity index (χ3n) is 6.28. The van der Waals surface area contributed by atoms with E-state index in [-0.39, 0.29) is 0 Å². The second-order valence-electron chi connectivity index (χ2n) is 8.61. The fourth-order valence-corrected chi connectivity index (χ4v) is 4.52. The number of benzene rings is 2. The molecule has 0 radical (unpaired) electrons. The molecule has 0 spiro atoms. The fraction of sp³-hybridized carbons (Fsp3) is 0.167. The number of rotatable bonds is 8. The lowest BCUT2D eigenvalue weighted by Crippen LogP contribution is -2.03. The Labute approximate surface area is 200 Å². The summed E-state index contributed by atoms with van der Waals surface area (Å²) in [6.45, 7) is 0. The number of aryl methyl sites for hydroxylation is 4. The lowest BCUT2D eigenvalue weighted by Gasteiger charge is -2.15. The first kappa shape index (κ1) is 21.8. The van der Waals surface area contributed by atoms with Gasteiger partial charge < -0.3 is 5.73 Å². The largest absolute Gasteiger partial charge is 0.383 e. The first-order valence-electron chi connectivity index (χ1n) is 11.8. The average molecular weight is 445 g/mol. The SMILES string of the molecule is Nc1nc(-c2ccnc(CCCc3ccccc3)c2)c(CCc2ccccc2)c2cnccc12. The molecule has 0 atom stereocenters. The minimum Gasteiger partial charge on any atom is -0.383 e. The van der Waals surface area contributed by atoms with Gasteiger partial charge in [0.1, 0.15) is 5.82 Å². The molecule has 5 rings (SSSR count). The van der Waals surface area contributed by atoms with Gasteiger partial charge in [0, 0.05) is 40.6 Å². The summed E-state index contributed by atoms with van der Waals surface area (Å²) in [5, 5.41) is 2.03. The van der Waals surface area contributed by atoms with Crippen molar-refractivity contribution in [1.29, 1.82) is 0 Å². The zero-order valence-corrected chi connectivity index (χ0v) is 19.2. The minimum atomic E-state index is 0.540. The van der Waals surface area contributed by atoms with E-state index < -0.39 is 0 Å². The topological polar surface area (TPSA) is 64.7 Å². The van der Waals surface area contributed by atoms with Crippen molar-refractivity contribution < 1.29 is 0 Å². The predicted molar refractivity (Wildman–Crippen MR) is 139 cm³/mol. The van der Waals surface area contributed by atoms with E-state index in [1.807, 2.05) is 24.5 Å². The Hall–Kier alpha value is -4.05. The zero-order valence-electron chi connectivity index (χ0n) is 19.2.